The van der Waals surface area contributed by atoms with Gasteiger partial charge in [0.15, 0.2) is 9.84 Å². The summed E-state index contributed by atoms with van der Waals surface area (Å²) in [5.74, 6) is 0.0666. The summed E-state index contributed by atoms with van der Waals surface area (Å²) in [7, 11) is -3.38. The largest absolute Gasteiger partial charge is 0.399 e. The van der Waals surface area contributed by atoms with Crippen molar-refractivity contribution in [2.75, 3.05) is 18.5 Å². The Labute approximate surface area is 114 Å². The fraction of sp³-hybridized carbons (Fsp3) is 0.462. The van der Waals surface area contributed by atoms with Crippen molar-refractivity contribution in [2.45, 2.75) is 25.2 Å². The number of amides is 1. The molecule has 106 valence electrons. The third-order valence-electron chi connectivity index (χ3n) is 2.93. The van der Waals surface area contributed by atoms with Crippen molar-refractivity contribution >= 4 is 21.4 Å². The molecule has 1 aromatic rings. The number of carbonyl (C=O) groups is 1. The molecule has 0 spiro atoms. The Kier molecular flexibility index (Phi) is 4.94. The van der Waals surface area contributed by atoms with Crippen LogP contribution in [0.3, 0.4) is 0 Å². The van der Waals surface area contributed by atoms with Gasteiger partial charge in [-0.2, -0.15) is 0 Å². The van der Waals surface area contributed by atoms with E-state index in [4.69, 9.17) is 5.73 Å². The standard InChI is InChI=1S/C13H20N2O3S/c1-4-9(2)8-15-13(16)10-5-11(14)7-12(6-10)19(3,17)18/h5-7,9H,4,8,14H2,1-3H3,(H,15,16). The molecule has 19 heavy (non-hydrogen) atoms. The highest BCUT2D eigenvalue weighted by atomic mass is 32.2. The Bertz CT molecular complexity index is 567. The third-order valence-corrected chi connectivity index (χ3v) is 4.02. The molecule has 3 N–H and O–H groups in total. The normalized spacial score (nSPS) is 13.0. The number of sulfone groups is 1. The first-order valence-electron chi connectivity index (χ1n) is 6.13. The number of carbonyl (C=O) groups excluding carboxylic acids is 1. The van der Waals surface area contributed by atoms with Gasteiger partial charge in [-0.1, -0.05) is 20.3 Å². The first kappa shape index (κ1) is 15.5. The number of hydrogen-bond acceptors (Lipinski definition) is 4. The van der Waals surface area contributed by atoms with Crippen LogP contribution in [0, 0.1) is 5.92 Å². The monoisotopic (exact) mass is 284 g/mol. The Morgan fingerprint density at radius 3 is 2.53 bits per heavy atom. The summed E-state index contributed by atoms with van der Waals surface area (Å²) in [5, 5.41) is 2.77. The van der Waals surface area contributed by atoms with Crippen LogP contribution in [0.4, 0.5) is 5.69 Å². The summed E-state index contributed by atoms with van der Waals surface area (Å²) in [6.45, 7) is 4.62. The summed E-state index contributed by atoms with van der Waals surface area (Å²) in [6.07, 6.45) is 2.05. The predicted molar refractivity (Wildman–Crippen MR) is 75.8 cm³/mol. The fourth-order valence-electron chi connectivity index (χ4n) is 1.48. The van der Waals surface area contributed by atoms with Crippen molar-refractivity contribution in [2.24, 2.45) is 5.92 Å². The minimum Gasteiger partial charge on any atom is -0.399 e. The van der Waals surface area contributed by atoms with Gasteiger partial charge in [-0.05, 0) is 24.1 Å². The molecule has 0 aliphatic carbocycles. The lowest BCUT2D eigenvalue weighted by Crippen LogP contribution is -2.28. The summed E-state index contributed by atoms with van der Waals surface area (Å²) >= 11 is 0. The van der Waals surface area contributed by atoms with Crippen LogP contribution in [0.25, 0.3) is 0 Å². The van der Waals surface area contributed by atoms with Crippen LogP contribution in [0.15, 0.2) is 23.1 Å². The van der Waals surface area contributed by atoms with Crippen molar-refractivity contribution in [3.8, 4) is 0 Å². The zero-order valence-electron chi connectivity index (χ0n) is 11.4. The van der Waals surface area contributed by atoms with E-state index in [-0.39, 0.29) is 22.1 Å². The second-order valence-corrected chi connectivity index (χ2v) is 6.80. The highest BCUT2D eigenvalue weighted by molar-refractivity contribution is 7.90. The molecule has 0 fully saturated rings. The van der Waals surface area contributed by atoms with Crippen LogP contribution in [0.2, 0.25) is 0 Å². The van der Waals surface area contributed by atoms with Crippen LogP contribution in [-0.2, 0) is 9.84 Å². The van der Waals surface area contributed by atoms with Crippen LogP contribution in [0.5, 0.6) is 0 Å². The summed E-state index contributed by atoms with van der Waals surface area (Å²) in [4.78, 5) is 12.0. The molecule has 0 radical (unpaired) electrons. The smallest absolute Gasteiger partial charge is 0.251 e. The molecular formula is C13H20N2O3S. The number of nitrogen functional groups attached to an aromatic ring is 1. The maximum Gasteiger partial charge on any atom is 0.251 e. The van der Waals surface area contributed by atoms with Crippen molar-refractivity contribution in [1.82, 2.24) is 5.32 Å². The van der Waals surface area contributed by atoms with Gasteiger partial charge in [0.2, 0.25) is 0 Å². The van der Waals surface area contributed by atoms with Crippen molar-refractivity contribution in [3.05, 3.63) is 23.8 Å². The van der Waals surface area contributed by atoms with Gasteiger partial charge in [0.05, 0.1) is 4.90 Å². The molecule has 0 bridgehead atoms. The molecule has 0 heterocycles. The molecular weight excluding hydrogens is 264 g/mol. The fourth-order valence-corrected chi connectivity index (χ4v) is 2.17. The molecule has 0 aromatic heterocycles. The van der Waals surface area contributed by atoms with Crippen LogP contribution >= 0.6 is 0 Å². The highest BCUT2D eigenvalue weighted by Gasteiger charge is 2.13. The molecule has 1 unspecified atom stereocenters. The van der Waals surface area contributed by atoms with E-state index in [0.29, 0.717) is 12.5 Å². The van der Waals surface area contributed by atoms with E-state index in [1.165, 1.54) is 18.2 Å². The summed E-state index contributed by atoms with van der Waals surface area (Å²) in [5.41, 5.74) is 6.16. The Balaban J connectivity index is 2.95. The number of nitrogens with two attached hydrogens (primary N) is 1. The Morgan fingerprint density at radius 2 is 2.00 bits per heavy atom. The molecule has 1 aromatic carbocycles. The number of rotatable bonds is 5. The van der Waals surface area contributed by atoms with Crippen LogP contribution in [0.1, 0.15) is 30.6 Å². The maximum absolute atomic E-state index is 11.9. The van der Waals surface area contributed by atoms with Crippen LogP contribution < -0.4 is 11.1 Å². The molecule has 6 heteroatoms. The van der Waals surface area contributed by atoms with E-state index in [0.717, 1.165) is 12.7 Å². The topological polar surface area (TPSA) is 89.3 Å². The van der Waals surface area contributed by atoms with Gasteiger partial charge < -0.3 is 11.1 Å². The summed E-state index contributed by atoms with van der Waals surface area (Å²) < 4.78 is 23.0. The van der Waals surface area contributed by atoms with Crippen molar-refractivity contribution < 1.29 is 13.2 Å². The van der Waals surface area contributed by atoms with E-state index in [9.17, 15) is 13.2 Å². The molecule has 0 saturated carbocycles. The first-order valence-corrected chi connectivity index (χ1v) is 8.02. The van der Waals surface area contributed by atoms with Gasteiger partial charge in [-0.3, -0.25) is 4.79 Å². The van der Waals surface area contributed by atoms with E-state index in [2.05, 4.69) is 5.32 Å². The average Bonchev–Trinajstić information content (AvgIpc) is 2.33. The van der Waals surface area contributed by atoms with Gasteiger partial charge in [-0.15, -0.1) is 0 Å². The van der Waals surface area contributed by atoms with E-state index >= 15 is 0 Å². The number of anilines is 1. The van der Waals surface area contributed by atoms with Crippen LogP contribution in [-0.4, -0.2) is 27.1 Å². The van der Waals surface area contributed by atoms with E-state index in [1.54, 1.807) is 0 Å². The van der Waals surface area contributed by atoms with E-state index < -0.39 is 9.84 Å². The van der Waals surface area contributed by atoms with Gasteiger partial charge in [-0.25, -0.2) is 8.42 Å². The predicted octanol–water partition coefficient (Wildman–Crippen LogP) is 1.45. The lowest BCUT2D eigenvalue weighted by atomic mass is 10.1. The van der Waals surface area contributed by atoms with Crippen molar-refractivity contribution in [3.63, 3.8) is 0 Å². The Hall–Kier alpha value is -1.56. The number of nitrogens with one attached hydrogen (secondary N) is 1. The maximum atomic E-state index is 11.9. The second-order valence-electron chi connectivity index (χ2n) is 4.79. The third kappa shape index (κ3) is 4.55. The van der Waals surface area contributed by atoms with Gasteiger partial charge in [0.1, 0.15) is 0 Å². The zero-order valence-corrected chi connectivity index (χ0v) is 12.3. The second kappa shape index (κ2) is 6.06. The molecule has 0 aliphatic heterocycles. The molecule has 0 saturated heterocycles. The van der Waals surface area contributed by atoms with E-state index in [1.807, 2.05) is 13.8 Å². The molecule has 0 aliphatic rings. The molecule has 1 rings (SSSR count). The minimum atomic E-state index is -3.38. The lowest BCUT2D eigenvalue weighted by Gasteiger charge is -2.11. The Morgan fingerprint density at radius 1 is 1.37 bits per heavy atom. The first-order chi connectivity index (χ1) is 8.74. The van der Waals surface area contributed by atoms with Gasteiger partial charge in [0.25, 0.3) is 5.91 Å². The zero-order chi connectivity index (χ0) is 14.6. The highest BCUT2D eigenvalue weighted by Crippen LogP contribution is 2.16. The minimum absolute atomic E-state index is 0.0567. The molecule has 1 atom stereocenters. The lowest BCUT2D eigenvalue weighted by molar-refractivity contribution is 0.0947. The number of hydrogen-bond donors (Lipinski definition) is 2. The quantitative estimate of drug-likeness (QED) is 0.801. The average molecular weight is 284 g/mol. The summed E-state index contributed by atoms with van der Waals surface area (Å²) in [6, 6.07) is 4.17. The number of benzene rings is 1. The van der Waals surface area contributed by atoms with Gasteiger partial charge in [0, 0.05) is 24.1 Å². The van der Waals surface area contributed by atoms with Crippen molar-refractivity contribution in [1.29, 1.82) is 0 Å². The SMILES string of the molecule is CCC(C)CNC(=O)c1cc(N)cc(S(C)(=O)=O)c1. The molecule has 5 nitrogen and oxygen atoms in total. The van der Waals surface area contributed by atoms with Gasteiger partial charge >= 0.3 is 0 Å². The molecule has 1 amide bonds.